The number of fused-ring (bicyclic) bond motifs is 3. The standard InChI is InChI=1S/C22H19N3O/c1-4-17-14(2)22-19(11-15(17)13-23)18-12-16(8-9-20(18)25(22)3)26-21-7-5-6-10-24-21/h4-13,23H,1H2,2-3H3. The minimum atomic E-state index is 0.567. The Balaban J connectivity index is 1.98. The van der Waals surface area contributed by atoms with Crippen molar-refractivity contribution in [2.45, 2.75) is 6.92 Å². The lowest BCUT2D eigenvalue weighted by Gasteiger charge is -2.09. The summed E-state index contributed by atoms with van der Waals surface area (Å²) in [7, 11) is 2.06. The second-order valence-corrected chi connectivity index (χ2v) is 6.26. The third-order valence-corrected chi connectivity index (χ3v) is 4.80. The molecule has 4 nitrogen and oxygen atoms in total. The van der Waals surface area contributed by atoms with Crippen molar-refractivity contribution in [2.75, 3.05) is 0 Å². The number of nitrogens with one attached hydrogen (secondary N) is 1. The molecule has 0 aliphatic rings. The van der Waals surface area contributed by atoms with Crippen molar-refractivity contribution < 1.29 is 4.74 Å². The molecule has 0 fully saturated rings. The van der Waals surface area contributed by atoms with Crippen LogP contribution in [0.4, 0.5) is 0 Å². The van der Waals surface area contributed by atoms with Gasteiger partial charge < -0.3 is 14.7 Å². The predicted molar refractivity (Wildman–Crippen MR) is 107 cm³/mol. The van der Waals surface area contributed by atoms with E-state index in [1.54, 1.807) is 6.20 Å². The smallest absolute Gasteiger partial charge is 0.219 e. The van der Waals surface area contributed by atoms with Crippen LogP contribution < -0.4 is 4.74 Å². The van der Waals surface area contributed by atoms with Crippen molar-refractivity contribution in [3.63, 3.8) is 0 Å². The molecule has 2 aromatic heterocycles. The zero-order valence-corrected chi connectivity index (χ0v) is 14.8. The zero-order chi connectivity index (χ0) is 18.3. The predicted octanol–water partition coefficient (Wildman–Crippen LogP) is 5.47. The summed E-state index contributed by atoms with van der Waals surface area (Å²) in [6, 6.07) is 13.7. The molecule has 2 heterocycles. The Bertz CT molecular complexity index is 1160. The van der Waals surface area contributed by atoms with Crippen molar-refractivity contribution in [3.8, 4) is 11.6 Å². The highest BCUT2D eigenvalue weighted by Crippen LogP contribution is 2.36. The van der Waals surface area contributed by atoms with Crippen LogP contribution in [0.5, 0.6) is 11.6 Å². The molecule has 128 valence electrons. The molecule has 0 aliphatic heterocycles. The number of pyridine rings is 1. The summed E-state index contributed by atoms with van der Waals surface area (Å²) in [5.41, 5.74) is 5.27. The van der Waals surface area contributed by atoms with Gasteiger partial charge in [0.25, 0.3) is 0 Å². The molecular formula is C22H19N3O. The fourth-order valence-corrected chi connectivity index (χ4v) is 3.61. The monoisotopic (exact) mass is 341 g/mol. The van der Waals surface area contributed by atoms with Gasteiger partial charge in [0.2, 0.25) is 5.88 Å². The molecule has 4 heteroatoms. The maximum Gasteiger partial charge on any atom is 0.219 e. The van der Waals surface area contributed by atoms with Gasteiger partial charge in [-0.1, -0.05) is 18.7 Å². The van der Waals surface area contributed by atoms with Gasteiger partial charge in [-0.15, -0.1) is 0 Å². The molecule has 0 spiro atoms. The topological polar surface area (TPSA) is 50.9 Å². The summed E-state index contributed by atoms with van der Waals surface area (Å²) in [5.74, 6) is 1.31. The number of rotatable bonds is 4. The molecule has 26 heavy (non-hydrogen) atoms. The summed E-state index contributed by atoms with van der Waals surface area (Å²) < 4.78 is 8.08. The number of hydrogen-bond donors (Lipinski definition) is 1. The van der Waals surface area contributed by atoms with E-state index < -0.39 is 0 Å². The molecule has 0 saturated heterocycles. The Kier molecular flexibility index (Phi) is 3.81. The normalized spacial score (nSPS) is 11.0. The minimum absolute atomic E-state index is 0.567. The summed E-state index contributed by atoms with van der Waals surface area (Å²) >= 11 is 0. The van der Waals surface area contributed by atoms with Crippen LogP contribution in [0.15, 0.2) is 55.2 Å². The quantitative estimate of drug-likeness (QED) is 0.501. The van der Waals surface area contributed by atoms with E-state index >= 15 is 0 Å². The number of ether oxygens (including phenoxy) is 1. The third-order valence-electron chi connectivity index (χ3n) is 4.80. The number of nitrogens with zero attached hydrogens (tertiary/aromatic N) is 2. The highest BCUT2D eigenvalue weighted by Gasteiger charge is 2.15. The molecule has 0 atom stereocenters. The van der Waals surface area contributed by atoms with Gasteiger partial charge in [0.15, 0.2) is 0 Å². The number of aromatic nitrogens is 2. The van der Waals surface area contributed by atoms with Crippen LogP contribution in [0.25, 0.3) is 27.9 Å². The largest absolute Gasteiger partial charge is 0.439 e. The van der Waals surface area contributed by atoms with Gasteiger partial charge in [0, 0.05) is 47.4 Å². The third kappa shape index (κ3) is 2.39. The minimum Gasteiger partial charge on any atom is -0.439 e. The Labute approximate surface area is 151 Å². The van der Waals surface area contributed by atoms with E-state index in [1.165, 1.54) is 6.21 Å². The second kappa shape index (κ2) is 6.15. The fraction of sp³-hybridized carbons (Fsp3) is 0.0909. The Morgan fingerprint density at radius 1 is 1.15 bits per heavy atom. The van der Waals surface area contributed by atoms with Crippen molar-refractivity contribution in [2.24, 2.45) is 7.05 Å². The molecule has 2 aromatic carbocycles. The highest BCUT2D eigenvalue weighted by molar-refractivity contribution is 6.12. The molecule has 1 N–H and O–H groups in total. The summed E-state index contributed by atoms with van der Waals surface area (Å²) in [5, 5.41) is 9.96. The van der Waals surface area contributed by atoms with Crippen molar-refractivity contribution >= 4 is 34.1 Å². The first-order chi connectivity index (χ1) is 12.6. The number of aryl methyl sites for hydroxylation is 2. The molecule has 4 aromatic rings. The average molecular weight is 341 g/mol. The molecule has 4 rings (SSSR count). The van der Waals surface area contributed by atoms with E-state index in [9.17, 15) is 0 Å². The molecule has 0 saturated carbocycles. The Morgan fingerprint density at radius 3 is 2.69 bits per heavy atom. The average Bonchev–Trinajstić information content (AvgIpc) is 2.94. The summed E-state index contributed by atoms with van der Waals surface area (Å²) in [6.45, 7) is 5.99. The van der Waals surface area contributed by atoms with E-state index in [4.69, 9.17) is 10.1 Å². The summed E-state index contributed by atoms with van der Waals surface area (Å²) in [6.07, 6.45) is 4.92. The lowest BCUT2D eigenvalue weighted by molar-refractivity contribution is 0.463. The lowest BCUT2D eigenvalue weighted by Crippen LogP contribution is -1.95. The van der Waals surface area contributed by atoms with Crippen molar-refractivity contribution in [1.82, 2.24) is 9.55 Å². The van der Waals surface area contributed by atoms with Crippen molar-refractivity contribution in [1.29, 1.82) is 5.41 Å². The van der Waals surface area contributed by atoms with Gasteiger partial charge in [0.1, 0.15) is 5.75 Å². The molecule has 0 bridgehead atoms. The maximum absolute atomic E-state index is 7.75. The van der Waals surface area contributed by atoms with Gasteiger partial charge in [-0.3, -0.25) is 0 Å². The van der Waals surface area contributed by atoms with Crippen LogP contribution >= 0.6 is 0 Å². The first kappa shape index (κ1) is 16.1. The van der Waals surface area contributed by atoms with Crippen LogP contribution in [0.3, 0.4) is 0 Å². The fourth-order valence-electron chi connectivity index (χ4n) is 3.61. The maximum atomic E-state index is 7.75. The first-order valence-corrected chi connectivity index (χ1v) is 8.41. The van der Waals surface area contributed by atoms with Crippen molar-refractivity contribution in [3.05, 3.63) is 71.9 Å². The molecule has 0 aliphatic carbocycles. The van der Waals surface area contributed by atoms with Crippen LogP contribution in [0.2, 0.25) is 0 Å². The van der Waals surface area contributed by atoms with Gasteiger partial charge in [-0.05, 0) is 48.4 Å². The van der Waals surface area contributed by atoms with Gasteiger partial charge in [-0.2, -0.15) is 0 Å². The molecule has 0 amide bonds. The molecular weight excluding hydrogens is 322 g/mol. The van der Waals surface area contributed by atoms with E-state index in [1.807, 2.05) is 36.4 Å². The first-order valence-electron chi connectivity index (χ1n) is 8.41. The Hall–Kier alpha value is -3.40. The molecule has 0 radical (unpaired) electrons. The van der Waals surface area contributed by atoms with E-state index in [-0.39, 0.29) is 0 Å². The van der Waals surface area contributed by atoms with E-state index in [0.717, 1.165) is 44.2 Å². The van der Waals surface area contributed by atoms with Gasteiger partial charge in [-0.25, -0.2) is 4.98 Å². The van der Waals surface area contributed by atoms with Gasteiger partial charge >= 0.3 is 0 Å². The molecule has 0 unspecified atom stereocenters. The Morgan fingerprint density at radius 2 is 2.00 bits per heavy atom. The van der Waals surface area contributed by atoms with Crippen LogP contribution in [-0.4, -0.2) is 15.8 Å². The highest BCUT2D eigenvalue weighted by atomic mass is 16.5. The lowest BCUT2D eigenvalue weighted by atomic mass is 9.98. The summed E-state index contributed by atoms with van der Waals surface area (Å²) in [4.78, 5) is 4.22. The van der Waals surface area contributed by atoms with Crippen LogP contribution in [-0.2, 0) is 7.05 Å². The second-order valence-electron chi connectivity index (χ2n) is 6.26. The SMILES string of the molecule is C=Cc1c(C=N)cc2c3cc(Oc4ccccn4)ccc3n(C)c2c1C. The van der Waals surface area contributed by atoms with Crippen LogP contribution in [0.1, 0.15) is 16.7 Å². The zero-order valence-electron chi connectivity index (χ0n) is 14.8. The number of benzene rings is 2. The van der Waals surface area contributed by atoms with Gasteiger partial charge in [0.05, 0.1) is 5.52 Å². The van der Waals surface area contributed by atoms with E-state index in [0.29, 0.717) is 5.88 Å². The van der Waals surface area contributed by atoms with E-state index in [2.05, 4.69) is 42.2 Å². The van der Waals surface area contributed by atoms with Crippen LogP contribution in [0, 0.1) is 12.3 Å². The number of hydrogen-bond acceptors (Lipinski definition) is 3.